The van der Waals surface area contributed by atoms with E-state index in [0.717, 1.165) is 51.0 Å². The number of benzene rings is 2. The number of rotatable bonds is 9. The summed E-state index contributed by atoms with van der Waals surface area (Å²) in [5.41, 5.74) is 3.77. The summed E-state index contributed by atoms with van der Waals surface area (Å²) in [6.07, 6.45) is -1.35. The summed E-state index contributed by atoms with van der Waals surface area (Å²) >= 11 is 1.43. The molecule has 0 bridgehead atoms. The van der Waals surface area contributed by atoms with Crippen LogP contribution >= 0.6 is 11.3 Å². The first kappa shape index (κ1) is 26.0. The Balaban J connectivity index is 1.59. The van der Waals surface area contributed by atoms with Gasteiger partial charge in [-0.05, 0) is 67.8 Å². The Labute approximate surface area is 211 Å². The number of anilines is 1. The number of likely N-dealkylation sites (N-methyl/N-ethyl adjacent to an activating group) is 1. The molecule has 4 aromatic rings. The Bertz CT molecular complexity index is 1390. The SMILES string of the molecule is CCCc1c(CCc2noc3cc(N(C)CC(=O)OCC)c(C)cc23)sc2cc(C(F)(F)F)ccc12. The van der Waals surface area contributed by atoms with Crippen LogP contribution in [0.4, 0.5) is 18.9 Å². The molecule has 2 aromatic carbocycles. The molecule has 4 rings (SSSR count). The molecule has 2 heterocycles. The number of thiophene rings is 1. The molecule has 0 atom stereocenters. The van der Waals surface area contributed by atoms with Crippen molar-refractivity contribution in [2.75, 3.05) is 25.1 Å². The van der Waals surface area contributed by atoms with Gasteiger partial charge in [0.25, 0.3) is 0 Å². The predicted molar refractivity (Wildman–Crippen MR) is 137 cm³/mol. The molecule has 0 aliphatic carbocycles. The third-order valence-corrected chi connectivity index (χ3v) is 7.49. The van der Waals surface area contributed by atoms with Crippen LogP contribution < -0.4 is 4.90 Å². The monoisotopic (exact) mass is 518 g/mol. The minimum Gasteiger partial charge on any atom is -0.465 e. The number of aromatic nitrogens is 1. The molecular weight excluding hydrogens is 489 g/mol. The van der Waals surface area contributed by atoms with Crippen LogP contribution in [0.15, 0.2) is 34.9 Å². The normalized spacial score (nSPS) is 12.0. The van der Waals surface area contributed by atoms with Crippen LogP contribution in [-0.4, -0.2) is 31.3 Å². The minimum atomic E-state index is -4.36. The van der Waals surface area contributed by atoms with Gasteiger partial charge in [0.05, 0.1) is 17.9 Å². The van der Waals surface area contributed by atoms with Crippen LogP contribution in [0, 0.1) is 6.92 Å². The lowest BCUT2D eigenvalue weighted by Crippen LogP contribution is -2.27. The highest BCUT2D eigenvalue weighted by atomic mass is 32.1. The first-order valence-corrected chi connectivity index (χ1v) is 12.8. The summed E-state index contributed by atoms with van der Waals surface area (Å²) in [7, 11) is 1.82. The molecule has 0 radical (unpaired) electrons. The highest BCUT2D eigenvalue weighted by Crippen LogP contribution is 2.38. The molecule has 0 amide bonds. The van der Waals surface area contributed by atoms with Gasteiger partial charge in [0, 0.05) is 33.8 Å². The van der Waals surface area contributed by atoms with Gasteiger partial charge in [-0.1, -0.05) is 24.6 Å². The summed E-state index contributed by atoms with van der Waals surface area (Å²) in [4.78, 5) is 14.8. The van der Waals surface area contributed by atoms with Crippen molar-refractivity contribution in [2.45, 2.75) is 52.6 Å². The summed E-state index contributed by atoms with van der Waals surface area (Å²) in [5.74, 6) is -0.300. The largest absolute Gasteiger partial charge is 0.465 e. The Kier molecular flexibility index (Phi) is 7.59. The van der Waals surface area contributed by atoms with Gasteiger partial charge in [-0.2, -0.15) is 13.2 Å². The summed E-state index contributed by atoms with van der Waals surface area (Å²) in [5, 5.41) is 6.09. The molecule has 36 heavy (non-hydrogen) atoms. The fourth-order valence-electron chi connectivity index (χ4n) is 4.54. The van der Waals surface area contributed by atoms with E-state index in [4.69, 9.17) is 9.26 Å². The summed E-state index contributed by atoms with van der Waals surface area (Å²) in [6, 6.07) is 7.91. The Morgan fingerprint density at radius 1 is 1.11 bits per heavy atom. The fraction of sp³-hybridized carbons (Fsp3) is 0.407. The molecule has 5 nitrogen and oxygen atoms in total. The number of alkyl halides is 3. The van der Waals surface area contributed by atoms with Gasteiger partial charge in [0.15, 0.2) is 5.58 Å². The molecule has 0 fully saturated rings. The van der Waals surface area contributed by atoms with Gasteiger partial charge in [0.1, 0.15) is 6.54 Å². The van der Waals surface area contributed by atoms with Gasteiger partial charge in [0.2, 0.25) is 0 Å². The van der Waals surface area contributed by atoms with E-state index in [9.17, 15) is 18.0 Å². The van der Waals surface area contributed by atoms with Crippen LogP contribution in [-0.2, 0) is 35.0 Å². The second-order valence-corrected chi connectivity index (χ2v) is 10.0. The molecule has 2 aromatic heterocycles. The second-order valence-electron chi connectivity index (χ2n) is 8.89. The van der Waals surface area contributed by atoms with Crippen molar-refractivity contribution >= 4 is 44.0 Å². The third kappa shape index (κ3) is 5.36. The Morgan fingerprint density at radius 2 is 1.89 bits per heavy atom. The predicted octanol–water partition coefficient (Wildman–Crippen LogP) is 7.11. The molecule has 0 spiro atoms. The quantitative estimate of drug-likeness (QED) is 0.221. The lowest BCUT2D eigenvalue weighted by Gasteiger charge is -2.20. The third-order valence-electron chi connectivity index (χ3n) is 6.24. The van der Waals surface area contributed by atoms with Crippen molar-refractivity contribution < 1.29 is 27.2 Å². The van der Waals surface area contributed by atoms with E-state index < -0.39 is 11.7 Å². The fourth-order valence-corrected chi connectivity index (χ4v) is 5.84. The number of ether oxygens (including phenoxy) is 1. The maximum Gasteiger partial charge on any atom is 0.416 e. The number of aryl methyl sites for hydroxylation is 4. The Hall–Kier alpha value is -3.07. The number of fused-ring (bicyclic) bond motifs is 2. The van der Waals surface area contributed by atoms with Crippen LogP contribution in [0.2, 0.25) is 0 Å². The van der Waals surface area contributed by atoms with Crippen LogP contribution in [0.5, 0.6) is 0 Å². The average molecular weight is 519 g/mol. The van der Waals surface area contributed by atoms with Crippen LogP contribution in [0.25, 0.3) is 21.1 Å². The second kappa shape index (κ2) is 10.5. The molecule has 0 saturated heterocycles. The highest BCUT2D eigenvalue weighted by Gasteiger charge is 2.31. The summed E-state index contributed by atoms with van der Waals surface area (Å²) < 4.78 is 51.0. The lowest BCUT2D eigenvalue weighted by molar-refractivity contribution is -0.141. The number of hydrogen-bond donors (Lipinski definition) is 0. The van der Waals surface area contributed by atoms with Crippen molar-refractivity contribution in [3.8, 4) is 0 Å². The van der Waals surface area contributed by atoms with E-state index in [1.165, 1.54) is 23.5 Å². The number of carbonyl (C=O) groups is 1. The van der Waals surface area contributed by atoms with Crippen molar-refractivity contribution in [3.63, 3.8) is 0 Å². The Morgan fingerprint density at radius 3 is 2.58 bits per heavy atom. The zero-order valence-corrected chi connectivity index (χ0v) is 21.6. The zero-order valence-electron chi connectivity index (χ0n) is 20.8. The zero-order chi connectivity index (χ0) is 26.0. The first-order chi connectivity index (χ1) is 17.1. The van der Waals surface area contributed by atoms with Crippen LogP contribution in [0.3, 0.4) is 0 Å². The smallest absolute Gasteiger partial charge is 0.416 e. The van der Waals surface area contributed by atoms with Crippen molar-refractivity contribution in [1.29, 1.82) is 0 Å². The number of esters is 1. The van der Waals surface area contributed by atoms with Crippen molar-refractivity contribution in [1.82, 2.24) is 5.16 Å². The summed E-state index contributed by atoms with van der Waals surface area (Å²) in [6.45, 7) is 6.27. The van der Waals surface area contributed by atoms with E-state index in [-0.39, 0.29) is 12.5 Å². The maximum absolute atomic E-state index is 13.2. The van der Waals surface area contributed by atoms with E-state index in [2.05, 4.69) is 12.1 Å². The molecule has 0 N–H and O–H groups in total. The molecule has 9 heteroatoms. The molecule has 0 aliphatic rings. The van der Waals surface area contributed by atoms with E-state index >= 15 is 0 Å². The average Bonchev–Trinajstić information content (AvgIpc) is 3.37. The standard InChI is InChI=1S/C27H29F3N2O3S/c1-5-7-18-19-9-8-17(27(28,29)30)13-25(19)36-24(18)11-10-21-20-12-16(3)22(14-23(20)35-31-21)32(4)15-26(33)34-6-2/h8-9,12-14H,5-7,10-11,15H2,1-4H3. The molecular formula is C27H29F3N2O3S. The van der Waals surface area contributed by atoms with Gasteiger partial charge in [-0.15, -0.1) is 11.3 Å². The molecule has 0 unspecified atom stereocenters. The molecule has 192 valence electrons. The lowest BCUT2D eigenvalue weighted by atomic mass is 10.0. The topological polar surface area (TPSA) is 55.6 Å². The van der Waals surface area contributed by atoms with E-state index in [1.807, 2.05) is 31.0 Å². The maximum atomic E-state index is 13.2. The van der Waals surface area contributed by atoms with Gasteiger partial charge in [-0.3, -0.25) is 4.79 Å². The van der Waals surface area contributed by atoms with E-state index in [1.54, 1.807) is 13.0 Å². The van der Waals surface area contributed by atoms with Crippen LogP contribution in [0.1, 0.15) is 47.5 Å². The molecule has 0 saturated carbocycles. The number of carbonyl (C=O) groups excluding carboxylic acids is 1. The highest BCUT2D eigenvalue weighted by molar-refractivity contribution is 7.19. The van der Waals surface area contributed by atoms with Gasteiger partial charge in [-0.25, -0.2) is 0 Å². The van der Waals surface area contributed by atoms with E-state index in [0.29, 0.717) is 29.7 Å². The minimum absolute atomic E-state index is 0.128. The van der Waals surface area contributed by atoms with Crippen molar-refractivity contribution in [3.05, 3.63) is 57.6 Å². The molecule has 0 aliphatic heterocycles. The van der Waals surface area contributed by atoms with Gasteiger partial charge >= 0.3 is 12.1 Å². The number of hydrogen-bond acceptors (Lipinski definition) is 6. The van der Waals surface area contributed by atoms with Crippen molar-refractivity contribution in [2.24, 2.45) is 0 Å². The first-order valence-electron chi connectivity index (χ1n) is 12.0. The number of nitrogens with zero attached hydrogens (tertiary/aromatic N) is 2. The number of halogens is 3. The van der Waals surface area contributed by atoms with Gasteiger partial charge < -0.3 is 14.2 Å².